The van der Waals surface area contributed by atoms with Crippen LogP contribution in [0.1, 0.15) is 26.2 Å². The van der Waals surface area contributed by atoms with E-state index < -0.39 is 6.04 Å². The van der Waals surface area contributed by atoms with Gasteiger partial charge in [0.2, 0.25) is 11.8 Å². The molecule has 1 unspecified atom stereocenters. The second-order valence-electron chi connectivity index (χ2n) is 6.02. The van der Waals surface area contributed by atoms with E-state index in [1.54, 1.807) is 11.8 Å². The predicted octanol–water partition coefficient (Wildman–Crippen LogP) is -0.456. The molecule has 0 radical (unpaired) electrons. The Morgan fingerprint density at radius 2 is 2.00 bits per heavy atom. The van der Waals surface area contributed by atoms with Crippen LogP contribution in [0.2, 0.25) is 0 Å². The third-order valence-electron chi connectivity index (χ3n) is 4.36. The Balaban J connectivity index is 1.74. The summed E-state index contributed by atoms with van der Waals surface area (Å²) >= 11 is 0. The minimum atomic E-state index is -0.400. The second kappa shape index (κ2) is 8.14. The summed E-state index contributed by atoms with van der Waals surface area (Å²) < 4.78 is 4.97. The van der Waals surface area contributed by atoms with Gasteiger partial charge >= 0.3 is 6.09 Å². The minimum absolute atomic E-state index is 0.0464. The number of likely N-dealkylation sites (tertiary alicyclic amines) is 1. The maximum Gasteiger partial charge on any atom is 0.409 e. The predicted molar refractivity (Wildman–Crippen MR) is 83.8 cm³/mol. The first-order chi connectivity index (χ1) is 11.0. The van der Waals surface area contributed by atoms with Gasteiger partial charge < -0.3 is 20.3 Å². The highest BCUT2D eigenvalue weighted by molar-refractivity contribution is 5.88. The van der Waals surface area contributed by atoms with Gasteiger partial charge in [-0.3, -0.25) is 14.5 Å². The van der Waals surface area contributed by atoms with Crippen LogP contribution in [-0.2, 0) is 14.3 Å². The van der Waals surface area contributed by atoms with E-state index in [0.717, 1.165) is 6.54 Å². The van der Waals surface area contributed by atoms with Gasteiger partial charge in [0.05, 0.1) is 19.1 Å². The maximum absolute atomic E-state index is 12.2. The van der Waals surface area contributed by atoms with Crippen molar-refractivity contribution in [3.05, 3.63) is 0 Å². The van der Waals surface area contributed by atoms with Crippen LogP contribution < -0.4 is 10.6 Å². The fourth-order valence-corrected chi connectivity index (χ4v) is 2.96. The van der Waals surface area contributed by atoms with Crippen molar-refractivity contribution in [1.82, 2.24) is 20.4 Å². The Morgan fingerprint density at radius 1 is 1.30 bits per heavy atom. The molecule has 0 saturated carbocycles. The summed E-state index contributed by atoms with van der Waals surface area (Å²) in [5, 5.41) is 5.76. The summed E-state index contributed by atoms with van der Waals surface area (Å²) in [7, 11) is 1.86. The van der Waals surface area contributed by atoms with Gasteiger partial charge in [0.15, 0.2) is 0 Å². The van der Waals surface area contributed by atoms with E-state index in [4.69, 9.17) is 4.74 Å². The van der Waals surface area contributed by atoms with Gasteiger partial charge in [0.25, 0.3) is 0 Å². The number of ether oxygens (including phenoxy) is 1. The van der Waals surface area contributed by atoms with Crippen LogP contribution in [0, 0.1) is 0 Å². The molecule has 2 rings (SSSR count). The lowest BCUT2D eigenvalue weighted by molar-refractivity contribution is -0.133. The molecule has 0 aromatic carbocycles. The molecule has 0 aromatic heterocycles. The zero-order chi connectivity index (χ0) is 16.8. The summed E-state index contributed by atoms with van der Waals surface area (Å²) in [5.41, 5.74) is 0. The average Bonchev–Trinajstić information content (AvgIpc) is 2.52. The summed E-state index contributed by atoms with van der Waals surface area (Å²) in [6, 6.07) is -0.353. The highest BCUT2D eigenvalue weighted by Gasteiger charge is 2.30. The molecule has 23 heavy (non-hydrogen) atoms. The summed E-state index contributed by atoms with van der Waals surface area (Å²) in [5.74, 6) is -0.209. The Bertz CT molecular complexity index is 449. The molecule has 2 fully saturated rings. The first-order valence-electron chi connectivity index (χ1n) is 8.20. The average molecular weight is 326 g/mol. The Morgan fingerprint density at radius 3 is 2.61 bits per heavy atom. The van der Waals surface area contributed by atoms with Crippen LogP contribution in [0.15, 0.2) is 0 Å². The van der Waals surface area contributed by atoms with Crippen LogP contribution in [0.25, 0.3) is 0 Å². The van der Waals surface area contributed by atoms with E-state index in [9.17, 15) is 14.4 Å². The van der Waals surface area contributed by atoms with E-state index in [-0.39, 0.29) is 30.4 Å². The number of nitrogens with one attached hydrogen (secondary N) is 2. The lowest BCUT2D eigenvalue weighted by Gasteiger charge is -2.33. The standard InChI is InChI=1S/C15H26N4O4/c1-3-23-15(22)19-7-4-11(5-8-19)17-13(20)10-12-14(21)16-6-9-18(12)2/h11-12H,3-10H2,1-2H3,(H,16,21)(H,17,20). The number of likely N-dealkylation sites (N-methyl/N-ethyl adjacent to an activating group) is 1. The number of carbonyl (C=O) groups excluding carboxylic acids is 3. The third kappa shape index (κ3) is 4.82. The number of rotatable bonds is 4. The van der Waals surface area contributed by atoms with Gasteiger partial charge in [-0.2, -0.15) is 0 Å². The lowest BCUT2D eigenvalue weighted by atomic mass is 10.0. The van der Waals surface area contributed by atoms with Crippen molar-refractivity contribution in [3.8, 4) is 0 Å². The fourth-order valence-electron chi connectivity index (χ4n) is 2.96. The van der Waals surface area contributed by atoms with E-state index in [2.05, 4.69) is 10.6 Å². The van der Waals surface area contributed by atoms with Crippen LogP contribution in [-0.4, -0.2) is 79.6 Å². The quantitative estimate of drug-likeness (QED) is 0.730. The molecule has 8 nitrogen and oxygen atoms in total. The van der Waals surface area contributed by atoms with Gasteiger partial charge in [-0.05, 0) is 26.8 Å². The molecule has 1 atom stereocenters. The van der Waals surface area contributed by atoms with E-state index >= 15 is 0 Å². The third-order valence-corrected chi connectivity index (χ3v) is 4.36. The van der Waals surface area contributed by atoms with Gasteiger partial charge in [0, 0.05) is 32.2 Å². The van der Waals surface area contributed by atoms with Crippen LogP contribution in [0.5, 0.6) is 0 Å². The van der Waals surface area contributed by atoms with E-state index in [1.807, 2.05) is 11.9 Å². The largest absolute Gasteiger partial charge is 0.450 e. The maximum atomic E-state index is 12.2. The van der Waals surface area contributed by atoms with Crippen LogP contribution >= 0.6 is 0 Å². The minimum Gasteiger partial charge on any atom is -0.450 e. The Hall–Kier alpha value is -1.83. The van der Waals surface area contributed by atoms with Crippen molar-refractivity contribution in [2.24, 2.45) is 0 Å². The number of piperazine rings is 1. The Kier molecular flexibility index (Phi) is 6.20. The first kappa shape index (κ1) is 17.5. The van der Waals surface area contributed by atoms with Gasteiger partial charge in [0.1, 0.15) is 0 Å². The molecule has 130 valence electrons. The molecule has 0 aromatic rings. The molecule has 2 N–H and O–H groups in total. The Labute approximate surface area is 136 Å². The number of piperidine rings is 1. The zero-order valence-electron chi connectivity index (χ0n) is 13.8. The highest BCUT2D eigenvalue weighted by atomic mass is 16.6. The van der Waals surface area contributed by atoms with Gasteiger partial charge in [-0.15, -0.1) is 0 Å². The molecule has 2 aliphatic rings. The van der Waals surface area contributed by atoms with Gasteiger partial charge in [-0.25, -0.2) is 4.79 Å². The number of amides is 3. The number of hydrogen-bond acceptors (Lipinski definition) is 5. The monoisotopic (exact) mass is 326 g/mol. The fraction of sp³-hybridized carbons (Fsp3) is 0.800. The molecular formula is C15H26N4O4. The number of carbonyl (C=O) groups is 3. The molecule has 3 amide bonds. The lowest BCUT2D eigenvalue weighted by Crippen LogP contribution is -2.55. The molecule has 0 aliphatic carbocycles. The molecular weight excluding hydrogens is 300 g/mol. The molecule has 2 aliphatic heterocycles. The smallest absolute Gasteiger partial charge is 0.409 e. The van der Waals surface area contributed by atoms with Crippen molar-refractivity contribution in [2.75, 3.05) is 39.8 Å². The summed E-state index contributed by atoms with van der Waals surface area (Å²) in [4.78, 5) is 39.2. The van der Waals surface area contributed by atoms with Crippen molar-refractivity contribution in [3.63, 3.8) is 0 Å². The molecule has 0 spiro atoms. The number of hydrogen-bond donors (Lipinski definition) is 2. The van der Waals surface area contributed by atoms with Crippen molar-refractivity contribution in [2.45, 2.75) is 38.3 Å². The summed E-state index contributed by atoms with van der Waals surface area (Å²) in [6.07, 6.45) is 1.28. The number of nitrogens with zero attached hydrogens (tertiary/aromatic N) is 2. The normalized spacial score (nSPS) is 23.3. The summed E-state index contributed by atoms with van der Waals surface area (Å²) in [6.45, 7) is 4.68. The molecule has 2 saturated heterocycles. The highest BCUT2D eigenvalue weighted by Crippen LogP contribution is 2.13. The van der Waals surface area contributed by atoms with Gasteiger partial charge in [-0.1, -0.05) is 0 Å². The second-order valence-corrected chi connectivity index (χ2v) is 6.02. The molecule has 8 heteroatoms. The zero-order valence-corrected chi connectivity index (χ0v) is 13.8. The van der Waals surface area contributed by atoms with E-state index in [1.165, 1.54) is 0 Å². The van der Waals surface area contributed by atoms with Crippen molar-refractivity contribution < 1.29 is 19.1 Å². The first-order valence-corrected chi connectivity index (χ1v) is 8.20. The topological polar surface area (TPSA) is 91.0 Å². The van der Waals surface area contributed by atoms with Crippen molar-refractivity contribution >= 4 is 17.9 Å². The molecule has 0 bridgehead atoms. The van der Waals surface area contributed by atoms with Crippen LogP contribution in [0.3, 0.4) is 0 Å². The van der Waals surface area contributed by atoms with Crippen molar-refractivity contribution in [1.29, 1.82) is 0 Å². The SMILES string of the molecule is CCOC(=O)N1CCC(NC(=O)CC2C(=O)NCCN2C)CC1. The van der Waals surface area contributed by atoms with E-state index in [0.29, 0.717) is 39.1 Å². The van der Waals surface area contributed by atoms with Crippen LogP contribution in [0.4, 0.5) is 4.79 Å². The molecule has 2 heterocycles.